The van der Waals surface area contributed by atoms with Crippen molar-refractivity contribution < 1.29 is 5.11 Å². The van der Waals surface area contributed by atoms with Crippen LogP contribution in [0.15, 0.2) is 94.8 Å². The number of rotatable bonds is 7. The van der Waals surface area contributed by atoms with E-state index < -0.39 is 0 Å². The number of nitrogens with zero attached hydrogens (tertiary/aromatic N) is 1. The number of hydrogen-bond acceptors (Lipinski definition) is 5. The summed E-state index contributed by atoms with van der Waals surface area (Å²) < 4.78 is 0.788. The lowest BCUT2D eigenvalue weighted by atomic mass is 9.86. The maximum atomic E-state index is 13.4. The molecule has 0 amide bonds. The zero-order valence-corrected chi connectivity index (χ0v) is 18.1. The van der Waals surface area contributed by atoms with E-state index in [2.05, 4.69) is 17.5 Å². The van der Waals surface area contributed by atoms with Gasteiger partial charge in [-0.25, -0.2) is 0 Å². The molecule has 5 heteroatoms. The molecule has 0 saturated heterocycles. The summed E-state index contributed by atoms with van der Waals surface area (Å²) >= 11 is 1.25. The summed E-state index contributed by atoms with van der Waals surface area (Å²) in [6.07, 6.45) is 1.27. The molecule has 4 aromatic rings. The lowest BCUT2D eigenvalue weighted by Gasteiger charge is -2.19. The Bertz CT molecular complexity index is 1250. The molecule has 31 heavy (non-hydrogen) atoms. The Morgan fingerprint density at radius 1 is 0.968 bits per heavy atom. The summed E-state index contributed by atoms with van der Waals surface area (Å²) in [5.41, 5.74) is 6.25. The van der Waals surface area contributed by atoms with Gasteiger partial charge >= 0.3 is 0 Å². The first kappa shape index (κ1) is 20.8. The number of fused-ring (bicyclic) bond motifs is 1. The molecular weight excluding hydrogens is 404 g/mol. The molecule has 0 spiro atoms. The van der Waals surface area contributed by atoms with Crippen molar-refractivity contribution >= 4 is 32.8 Å². The molecule has 1 atom stereocenters. The molecule has 0 radical (unpaired) electrons. The van der Waals surface area contributed by atoms with Crippen LogP contribution in [-0.4, -0.2) is 10.8 Å². The van der Waals surface area contributed by atoms with Crippen LogP contribution in [0.2, 0.25) is 0 Å². The van der Waals surface area contributed by atoms with Gasteiger partial charge in [-0.05, 0) is 42.7 Å². The summed E-state index contributed by atoms with van der Waals surface area (Å²) in [6, 6.07) is 27.1. The summed E-state index contributed by atoms with van der Waals surface area (Å²) in [5, 5.41) is 16.2. The van der Waals surface area contributed by atoms with Crippen molar-refractivity contribution in [1.82, 2.24) is 0 Å². The highest BCUT2D eigenvalue weighted by molar-refractivity contribution is 7.20. The van der Waals surface area contributed by atoms with Crippen molar-refractivity contribution in [3.05, 3.63) is 106 Å². The van der Waals surface area contributed by atoms with Crippen LogP contribution in [0.4, 0.5) is 5.69 Å². The summed E-state index contributed by atoms with van der Waals surface area (Å²) in [4.78, 5) is 13.4. The molecule has 1 aromatic heterocycles. The van der Waals surface area contributed by atoms with Gasteiger partial charge in [0.2, 0.25) is 0 Å². The van der Waals surface area contributed by atoms with Crippen molar-refractivity contribution in [3.63, 3.8) is 0 Å². The summed E-state index contributed by atoms with van der Waals surface area (Å²) in [6.45, 7) is 2.05. The lowest BCUT2D eigenvalue weighted by molar-refractivity contribution is 0.479. The van der Waals surface area contributed by atoms with E-state index in [1.54, 1.807) is 0 Å². The standard InChI is InChI=1S/C26H24N2O2S/c1-2-19(27-28-20-13-7-4-8-14-20)17-22(18-11-5-3-6-12-18)24-25(29)21-15-9-10-16-23(21)31-26(24)30/h3-16,22,28,30H,2,17H2,1H3/t22-/m1/s1. The normalized spacial score (nSPS) is 12.6. The molecule has 0 aliphatic heterocycles. The molecule has 0 aliphatic carbocycles. The minimum atomic E-state index is -0.286. The van der Waals surface area contributed by atoms with Crippen molar-refractivity contribution in [2.45, 2.75) is 25.7 Å². The number of aromatic hydroxyl groups is 1. The highest BCUT2D eigenvalue weighted by Gasteiger charge is 2.24. The zero-order chi connectivity index (χ0) is 21.6. The van der Waals surface area contributed by atoms with Gasteiger partial charge in [-0.2, -0.15) is 5.10 Å². The lowest BCUT2D eigenvalue weighted by Crippen LogP contribution is -2.18. The van der Waals surface area contributed by atoms with Crippen molar-refractivity contribution in [2.75, 3.05) is 5.43 Å². The van der Waals surface area contributed by atoms with Gasteiger partial charge in [0.15, 0.2) is 10.5 Å². The summed E-state index contributed by atoms with van der Waals surface area (Å²) in [7, 11) is 0. The Labute approximate surface area is 185 Å². The maximum absolute atomic E-state index is 13.4. The fourth-order valence-corrected chi connectivity index (χ4v) is 4.66. The molecule has 0 saturated carbocycles. The highest BCUT2D eigenvalue weighted by Crippen LogP contribution is 2.37. The SMILES string of the molecule is CCC(C[C@H](c1ccccc1)c1c(O)sc2ccccc2c1=O)=NNc1ccccc1. The van der Waals surface area contributed by atoms with Gasteiger partial charge in [-0.1, -0.05) is 78.9 Å². The van der Waals surface area contributed by atoms with Crippen LogP contribution in [0.1, 0.15) is 36.8 Å². The topological polar surface area (TPSA) is 61.7 Å². The third kappa shape index (κ3) is 4.67. The molecule has 4 nitrogen and oxygen atoms in total. The third-order valence-electron chi connectivity index (χ3n) is 5.33. The van der Waals surface area contributed by atoms with E-state index in [1.807, 2.05) is 84.9 Å². The first-order valence-corrected chi connectivity index (χ1v) is 11.1. The molecule has 0 unspecified atom stereocenters. The van der Waals surface area contributed by atoms with E-state index >= 15 is 0 Å². The number of anilines is 1. The maximum Gasteiger partial charge on any atom is 0.195 e. The van der Waals surface area contributed by atoms with E-state index in [-0.39, 0.29) is 16.4 Å². The van der Waals surface area contributed by atoms with Gasteiger partial charge in [0.25, 0.3) is 0 Å². The number of benzene rings is 3. The largest absolute Gasteiger partial charge is 0.499 e. The molecule has 0 bridgehead atoms. The zero-order valence-electron chi connectivity index (χ0n) is 17.3. The number of para-hydroxylation sites is 1. The molecule has 3 aromatic carbocycles. The predicted octanol–water partition coefficient (Wildman–Crippen LogP) is 6.37. The molecule has 4 rings (SSSR count). The van der Waals surface area contributed by atoms with E-state index in [1.165, 1.54) is 11.3 Å². The van der Waals surface area contributed by atoms with Gasteiger partial charge in [0, 0.05) is 21.7 Å². The van der Waals surface area contributed by atoms with E-state index in [9.17, 15) is 9.90 Å². The molecule has 1 heterocycles. The number of hydrazone groups is 1. The molecular formula is C26H24N2O2S. The van der Waals surface area contributed by atoms with Crippen LogP contribution in [-0.2, 0) is 0 Å². The third-order valence-corrected chi connectivity index (χ3v) is 6.32. The molecule has 2 N–H and O–H groups in total. The first-order valence-electron chi connectivity index (χ1n) is 10.3. The van der Waals surface area contributed by atoms with Crippen LogP contribution in [0.25, 0.3) is 10.1 Å². The second-order valence-corrected chi connectivity index (χ2v) is 8.35. The van der Waals surface area contributed by atoms with Crippen LogP contribution in [0.3, 0.4) is 0 Å². The number of nitrogens with one attached hydrogen (secondary N) is 1. The van der Waals surface area contributed by atoms with Gasteiger partial charge in [-0.3, -0.25) is 10.2 Å². The van der Waals surface area contributed by atoms with Crippen molar-refractivity contribution in [3.8, 4) is 5.06 Å². The smallest absolute Gasteiger partial charge is 0.195 e. The monoisotopic (exact) mass is 428 g/mol. The predicted molar refractivity (Wildman–Crippen MR) is 130 cm³/mol. The Morgan fingerprint density at radius 3 is 2.32 bits per heavy atom. The molecule has 156 valence electrons. The van der Waals surface area contributed by atoms with Gasteiger partial charge < -0.3 is 5.11 Å². The Hall–Kier alpha value is -3.44. The van der Waals surface area contributed by atoms with Crippen LogP contribution < -0.4 is 10.9 Å². The van der Waals surface area contributed by atoms with E-state index in [0.717, 1.165) is 28.1 Å². The Balaban J connectivity index is 1.77. The minimum Gasteiger partial charge on any atom is -0.499 e. The average Bonchev–Trinajstić information content (AvgIpc) is 2.82. The van der Waals surface area contributed by atoms with E-state index in [4.69, 9.17) is 0 Å². The second-order valence-electron chi connectivity index (χ2n) is 7.32. The Morgan fingerprint density at radius 2 is 1.61 bits per heavy atom. The fourth-order valence-electron chi connectivity index (χ4n) is 3.68. The van der Waals surface area contributed by atoms with Gasteiger partial charge in [0.1, 0.15) is 0 Å². The van der Waals surface area contributed by atoms with Gasteiger partial charge in [-0.15, -0.1) is 0 Å². The highest BCUT2D eigenvalue weighted by atomic mass is 32.1. The quantitative estimate of drug-likeness (QED) is 0.266. The average molecular weight is 429 g/mol. The van der Waals surface area contributed by atoms with Crippen LogP contribution in [0.5, 0.6) is 5.06 Å². The molecule has 0 fully saturated rings. The first-order chi connectivity index (χ1) is 15.2. The van der Waals surface area contributed by atoms with Crippen LogP contribution in [0, 0.1) is 0 Å². The van der Waals surface area contributed by atoms with Crippen molar-refractivity contribution in [1.29, 1.82) is 0 Å². The fraction of sp³-hybridized carbons (Fsp3) is 0.154. The molecule has 0 aliphatic rings. The number of hydrogen-bond donors (Lipinski definition) is 2. The van der Waals surface area contributed by atoms with Crippen molar-refractivity contribution in [2.24, 2.45) is 5.10 Å². The van der Waals surface area contributed by atoms with Crippen LogP contribution >= 0.6 is 11.3 Å². The summed E-state index contributed by atoms with van der Waals surface area (Å²) in [5.74, 6) is -0.286. The second kappa shape index (κ2) is 9.58. The minimum absolute atomic E-state index is 0.0732. The Kier molecular flexibility index (Phi) is 6.43. The van der Waals surface area contributed by atoms with Gasteiger partial charge in [0.05, 0.1) is 11.3 Å². The van der Waals surface area contributed by atoms with E-state index in [0.29, 0.717) is 17.4 Å².